The monoisotopic (exact) mass is 355 g/mol. The molecule has 104 valence electrons. The van der Waals surface area contributed by atoms with Gasteiger partial charge in [0.05, 0.1) is 0 Å². The minimum atomic E-state index is -0.392. The van der Waals surface area contributed by atoms with Crippen LogP contribution in [0.3, 0.4) is 0 Å². The molecule has 1 unspecified atom stereocenters. The third-order valence-corrected chi connectivity index (χ3v) is 4.14. The lowest BCUT2D eigenvalue weighted by molar-refractivity contribution is 0.157. The van der Waals surface area contributed by atoms with Gasteiger partial charge in [0.2, 0.25) is 0 Å². The highest BCUT2D eigenvalue weighted by molar-refractivity contribution is 9.10. The zero-order chi connectivity index (χ0) is 14.3. The number of hydrogen-bond acceptors (Lipinski definition) is 2. The van der Waals surface area contributed by atoms with Crippen molar-refractivity contribution in [3.05, 3.63) is 62.8 Å². The summed E-state index contributed by atoms with van der Waals surface area (Å²) >= 11 is 9.31. The fraction of sp³-hybridized carbons (Fsp3) is 0.200. The Labute approximate surface area is 129 Å². The molecule has 0 bridgehead atoms. The Hall–Kier alpha value is -1.10. The first-order chi connectivity index (χ1) is 9.54. The summed E-state index contributed by atoms with van der Waals surface area (Å²) in [5.41, 5.74) is 7.53. The molecule has 0 saturated heterocycles. The van der Waals surface area contributed by atoms with Crippen LogP contribution >= 0.6 is 27.5 Å². The topological polar surface area (TPSA) is 35.2 Å². The average Bonchev–Trinajstić information content (AvgIpc) is 2.42. The second-order valence-corrected chi connectivity index (χ2v) is 6.15. The molecule has 1 heterocycles. The van der Waals surface area contributed by atoms with Crippen LogP contribution in [0, 0.1) is 5.82 Å². The maximum atomic E-state index is 14.0. The SMILES string of the molecule is N[C@@H]1CC(c2cc(Br)ccc2F)Oc2ccc(Cl)cc21. The molecule has 2 atom stereocenters. The Morgan fingerprint density at radius 3 is 2.80 bits per heavy atom. The summed E-state index contributed by atoms with van der Waals surface area (Å²) < 4.78 is 20.7. The number of halogens is 3. The van der Waals surface area contributed by atoms with Gasteiger partial charge in [0.1, 0.15) is 17.7 Å². The average molecular weight is 357 g/mol. The van der Waals surface area contributed by atoms with Crippen LogP contribution in [0.4, 0.5) is 4.39 Å². The van der Waals surface area contributed by atoms with Crippen LogP contribution in [-0.2, 0) is 0 Å². The zero-order valence-corrected chi connectivity index (χ0v) is 12.8. The molecule has 2 aromatic rings. The summed E-state index contributed by atoms with van der Waals surface area (Å²) in [5, 5.41) is 0.620. The molecule has 0 spiro atoms. The van der Waals surface area contributed by atoms with Gasteiger partial charge in [0.25, 0.3) is 0 Å². The molecule has 0 radical (unpaired) electrons. The van der Waals surface area contributed by atoms with Crippen molar-refractivity contribution in [3.8, 4) is 5.75 Å². The first kappa shape index (κ1) is 13.9. The molecule has 2 nitrogen and oxygen atoms in total. The van der Waals surface area contributed by atoms with Crippen molar-refractivity contribution < 1.29 is 9.13 Å². The van der Waals surface area contributed by atoms with Gasteiger partial charge in [-0.3, -0.25) is 0 Å². The Bertz CT molecular complexity index is 664. The zero-order valence-electron chi connectivity index (χ0n) is 10.4. The van der Waals surface area contributed by atoms with Gasteiger partial charge in [0.15, 0.2) is 0 Å². The van der Waals surface area contributed by atoms with E-state index in [4.69, 9.17) is 22.1 Å². The summed E-state index contributed by atoms with van der Waals surface area (Å²) in [7, 11) is 0. The number of nitrogens with two attached hydrogens (primary N) is 1. The van der Waals surface area contributed by atoms with Crippen LogP contribution in [0.1, 0.15) is 29.7 Å². The molecule has 0 saturated carbocycles. The van der Waals surface area contributed by atoms with Crippen molar-refractivity contribution in [2.45, 2.75) is 18.6 Å². The Morgan fingerprint density at radius 2 is 2.00 bits per heavy atom. The van der Waals surface area contributed by atoms with Crippen molar-refractivity contribution >= 4 is 27.5 Å². The molecule has 1 aliphatic rings. The van der Waals surface area contributed by atoms with Gasteiger partial charge in [0, 0.05) is 33.1 Å². The lowest BCUT2D eigenvalue weighted by Crippen LogP contribution is -2.24. The summed E-state index contributed by atoms with van der Waals surface area (Å²) in [6.45, 7) is 0. The van der Waals surface area contributed by atoms with Crippen LogP contribution in [0.25, 0.3) is 0 Å². The predicted octanol–water partition coefficient (Wildman–Crippen LogP) is 4.77. The molecule has 5 heteroatoms. The molecule has 0 fully saturated rings. The van der Waals surface area contributed by atoms with E-state index in [1.165, 1.54) is 6.07 Å². The summed E-state index contributed by atoms with van der Waals surface area (Å²) in [6, 6.07) is 9.91. The lowest BCUT2D eigenvalue weighted by Gasteiger charge is -2.31. The molecule has 0 amide bonds. The van der Waals surface area contributed by atoms with E-state index in [2.05, 4.69) is 15.9 Å². The predicted molar refractivity (Wildman–Crippen MR) is 80.5 cm³/mol. The van der Waals surface area contributed by atoms with Crippen LogP contribution in [0.15, 0.2) is 40.9 Å². The van der Waals surface area contributed by atoms with E-state index in [1.54, 1.807) is 30.3 Å². The Balaban J connectivity index is 1.99. The van der Waals surface area contributed by atoms with Gasteiger partial charge in [-0.1, -0.05) is 27.5 Å². The molecule has 1 aliphatic heterocycles. The quantitative estimate of drug-likeness (QED) is 0.799. The summed E-state index contributed by atoms with van der Waals surface area (Å²) in [5.74, 6) is 0.375. The van der Waals surface area contributed by atoms with E-state index >= 15 is 0 Å². The normalized spacial score (nSPS) is 21.2. The first-order valence-electron chi connectivity index (χ1n) is 6.21. The fourth-order valence-corrected chi connectivity index (χ4v) is 2.99. The molecule has 2 N–H and O–H groups in total. The smallest absolute Gasteiger partial charge is 0.130 e. The maximum absolute atomic E-state index is 14.0. The van der Waals surface area contributed by atoms with Gasteiger partial charge in [-0.05, 0) is 36.4 Å². The van der Waals surface area contributed by atoms with E-state index in [0.717, 1.165) is 10.0 Å². The number of rotatable bonds is 1. The third-order valence-electron chi connectivity index (χ3n) is 3.41. The number of benzene rings is 2. The molecule has 0 aromatic heterocycles. The highest BCUT2D eigenvalue weighted by Gasteiger charge is 2.29. The van der Waals surface area contributed by atoms with E-state index in [9.17, 15) is 4.39 Å². The van der Waals surface area contributed by atoms with Gasteiger partial charge in [-0.2, -0.15) is 0 Å². The molecule has 0 aliphatic carbocycles. The second kappa shape index (κ2) is 5.35. The minimum Gasteiger partial charge on any atom is -0.485 e. The van der Waals surface area contributed by atoms with E-state index in [0.29, 0.717) is 22.8 Å². The van der Waals surface area contributed by atoms with E-state index in [-0.39, 0.29) is 11.9 Å². The molecular formula is C15H12BrClFNO. The number of fused-ring (bicyclic) bond motifs is 1. The van der Waals surface area contributed by atoms with Crippen molar-refractivity contribution in [1.82, 2.24) is 0 Å². The van der Waals surface area contributed by atoms with Crippen molar-refractivity contribution in [3.63, 3.8) is 0 Å². The first-order valence-corrected chi connectivity index (χ1v) is 7.38. The van der Waals surface area contributed by atoms with E-state index in [1.807, 2.05) is 0 Å². The second-order valence-electron chi connectivity index (χ2n) is 4.80. The molecule has 3 rings (SSSR count). The van der Waals surface area contributed by atoms with Gasteiger partial charge in [-0.25, -0.2) is 4.39 Å². The van der Waals surface area contributed by atoms with Crippen LogP contribution in [0.2, 0.25) is 5.02 Å². The third kappa shape index (κ3) is 2.55. The minimum absolute atomic E-state index is 0.221. The van der Waals surface area contributed by atoms with Crippen LogP contribution < -0.4 is 10.5 Å². The standard InChI is InChI=1S/C15H12BrClFNO/c16-8-1-3-12(18)10(5-8)15-7-13(19)11-6-9(17)2-4-14(11)20-15/h1-6,13,15H,7,19H2/t13-,15?/m1/s1. The Kier molecular flexibility index (Phi) is 3.71. The van der Waals surface area contributed by atoms with Gasteiger partial charge >= 0.3 is 0 Å². The van der Waals surface area contributed by atoms with Crippen LogP contribution in [0.5, 0.6) is 5.75 Å². The van der Waals surface area contributed by atoms with Crippen molar-refractivity contribution in [1.29, 1.82) is 0 Å². The summed E-state index contributed by atoms with van der Waals surface area (Å²) in [6.07, 6.45) is 0.122. The van der Waals surface area contributed by atoms with Crippen molar-refractivity contribution in [2.24, 2.45) is 5.73 Å². The highest BCUT2D eigenvalue weighted by Crippen LogP contribution is 2.41. The highest BCUT2D eigenvalue weighted by atomic mass is 79.9. The Morgan fingerprint density at radius 1 is 1.20 bits per heavy atom. The fourth-order valence-electron chi connectivity index (χ4n) is 2.43. The van der Waals surface area contributed by atoms with Crippen LogP contribution in [-0.4, -0.2) is 0 Å². The maximum Gasteiger partial charge on any atom is 0.130 e. The molecule has 2 aromatic carbocycles. The number of hydrogen-bond donors (Lipinski definition) is 1. The molecular weight excluding hydrogens is 345 g/mol. The van der Waals surface area contributed by atoms with Gasteiger partial charge < -0.3 is 10.5 Å². The largest absolute Gasteiger partial charge is 0.485 e. The number of ether oxygens (including phenoxy) is 1. The van der Waals surface area contributed by atoms with Gasteiger partial charge in [-0.15, -0.1) is 0 Å². The van der Waals surface area contributed by atoms with Crippen molar-refractivity contribution in [2.75, 3.05) is 0 Å². The summed E-state index contributed by atoms with van der Waals surface area (Å²) in [4.78, 5) is 0. The molecule has 20 heavy (non-hydrogen) atoms. The lowest BCUT2D eigenvalue weighted by atomic mass is 9.93. The van der Waals surface area contributed by atoms with E-state index < -0.39 is 6.10 Å².